The van der Waals surface area contributed by atoms with Crippen LogP contribution in [0.1, 0.15) is 50.8 Å². The Labute approximate surface area is 122 Å². The van der Waals surface area contributed by atoms with E-state index >= 15 is 0 Å². The molecule has 1 aliphatic rings. The molecular weight excluding hydrogens is 250 g/mol. The summed E-state index contributed by atoms with van der Waals surface area (Å²) in [4.78, 5) is 7.02. The predicted octanol–water partition coefficient (Wildman–Crippen LogP) is 2.10. The topological polar surface area (TPSA) is 62.4 Å². The van der Waals surface area contributed by atoms with Gasteiger partial charge in [0.1, 0.15) is 0 Å². The van der Waals surface area contributed by atoms with E-state index in [9.17, 15) is 0 Å². The molecule has 4 heteroatoms. The van der Waals surface area contributed by atoms with Crippen LogP contribution < -0.4 is 5.73 Å². The molecule has 0 bridgehead atoms. The van der Waals surface area contributed by atoms with Gasteiger partial charge < -0.3 is 10.8 Å². The summed E-state index contributed by atoms with van der Waals surface area (Å²) in [5.74, 6) is 0. The van der Waals surface area contributed by atoms with Gasteiger partial charge in [0, 0.05) is 31.4 Å². The Hall–Kier alpha value is -0.970. The number of aliphatic hydroxyl groups excluding tert-OH is 1. The first-order chi connectivity index (χ1) is 9.77. The normalized spacial score (nSPS) is 18.8. The molecule has 0 aliphatic heterocycles. The number of nitrogens with zero attached hydrogens (tertiary/aromatic N) is 2. The van der Waals surface area contributed by atoms with Crippen LogP contribution in [0.15, 0.2) is 24.4 Å². The maximum Gasteiger partial charge on any atom is 0.0675 e. The summed E-state index contributed by atoms with van der Waals surface area (Å²) >= 11 is 0. The van der Waals surface area contributed by atoms with Gasteiger partial charge >= 0.3 is 0 Å². The summed E-state index contributed by atoms with van der Waals surface area (Å²) < 4.78 is 0. The second-order valence-corrected chi connectivity index (χ2v) is 5.67. The lowest BCUT2D eigenvalue weighted by atomic mass is 9.87. The van der Waals surface area contributed by atoms with Crippen LogP contribution in [-0.2, 0) is 0 Å². The molecule has 0 amide bonds. The monoisotopic (exact) mass is 277 g/mol. The van der Waals surface area contributed by atoms with Crippen LogP contribution in [-0.4, -0.2) is 40.2 Å². The van der Waals surface area contributed by atoms with Crippen molar-refractivity contribution in [2.24, 2.45) is 5.73 Å². The number of aromatic nitrogens is 1. The van der Waals surface area contributed by atoms with Gasteiger partial charge in [0.2, 0.25) is 0 Å². The maximum atomic E-state index is 9.16. The highest BCUT2D eigenvalue weighted by Crippen LogP contribution is 2.33. The van der Waals surface area contributed by atoms with Crippen LogP contribution in [0.2, 0.25) is 0 Å². The lowest BCUT2D eigenvalue weighted by Gasteiger charge is -2.44. The second-order valence-electron chi connectivity index (χ2n) is 5.67. The second kappa shape index (κ2) is 7.72. The van der Waals surface area contributed by atoms with Gasteiger partial charge in [-0.25, -0.2) is 0 Å². The van der Waals surface area contributed by atoms with E-state index in [0.717, 1.165) is 25.1 Å². The van der Waals surface area contributed by atoms with Crippen molar-refractivity contribution in [1.82, 2.24) is 9.88 Å². The SMILES string of the molecule is CCC(N)C(c1ccccn1)N(CCCO)C1CCC1. The Kier molecular flexibility index (Phi) is 5.95. The Morgan fingerprint density at radius 3 is 2.75 bits per heavy atom. The van der Waals surface area contributed by atoms with E-state index in [4.69, 9.17) is 10.8 Å². The van der Waals surface area contributed by atoms with Crippen LogP contribution in [0.5, 0.6) is 0 Å². The molecule has 1 aliphatic carbocycles. The van der Waals surface area contributed by atoms with E-state index in [0.29, 0.717) is 6.04 Å². The van der Waals surface area contributed by atoms with Gasteiger partial charge in [-0.3, -0.25) is 9.88 Å². The average molecular weight is 277 g/mol. The molecule has 0 spiro atoms. The average Bonchev–Trinajstić information content (AvgIpc) is 2.43. The molecule has 4 nitrogen and oxygen atoms in total. The zero-order chi connectivity index (χ0) is 14.4. The fraction of sp³-hybridized carbons (Fsp3) is 0.688. The summed E-state index contributed by atoms with van der Waals surface area (Å²) in [6, 6.07) is 6.90. The number of nitrogens with two attached hydrogens (primary N) is 1. The Bertz CT molecular complexity index is 381. The lowest BCUT2D eigenvalue weighted by molar-refractivity contribution is 0.0560. The number of aliphatic hydroxyl groups is 1. The van der Waals surface area contributed by atoms with Crippen molar-refractivity contribution in [3.05, 3.63) is 30.1 Å². The minimum Gasteiger partial charge on any atom is -0.396 e. The van der Waals surface area contributed by atoms with Gasteiger partial charge in [0.05, 0.1) is 11.7 Å². The Balaban J connectivity index is 2.21. The highest BCUT2D eigenvalue weighted by atomic mass is 16.3. The third-order valence-corrected chi connectivity index (χ3v) is 4.34. The van der Waals surface area contributed by atoms with Crippen LogP contribution in [0.4, 0.5) is 0 Å². The summed E-state index contributed by atoms with van der Waals surface area (Å²) in [6.45, 7) is 3.27. The van der Waals surface area contributed by atoms with E-state index < -0.39 is 0 Å². The van der Waals surface area contributed by atoms with Crippen molar-refractivity contribution >= 4 is 0 Å². The third kappa shape index (κ3) is 3.57. The summed E-state index contributed by atoms with van der Waals surface area (Å²) in [5.41, 5.74) is 7.46. The lowest BCUT2D eigenvalue weighted by Crippen LogP contribution is -2.49. The molecule has 0 aromatic carbocycles. The minimum atomic E-state index is 0.0872. The van der Waals surface area contributed by atoms with Crippen LogP contribution in [0.25, 0.3) is 0 Å². The van der Waals surface area contributed by atoms with Crippen LogP contribution >= 0.6 is 0 Å². The molecule has 2 atom stereocenters. The highest BCUT2D eigenvalue weighted by Gasteiger charge is 2.34. The zero-order valence-corrected chi connectivity index (χ0v) is 12.4. The molecule has 1 heterocycles. The smallest absolute Gasteiger partial charge is 0.0675 e. The van der Waals surface area contributed by atoms with Gasteiger partial charge in [0.25, 0.3) is 0 Å². The van der Waals surface area contributed by atoms with Gasteiger partial charge in [-0.2, -0.15) is 0 Å². The first-order valence-corrected chi connectivity index (χ1v) is 7.81. The van der Waals surface area contributed by atoms with Gasteiger partial charge in [-0.15, -0.1) is 0 Å². The van der Waals surface area contributed by atoms with Crippen LogP contribution in [0.3, 0.4) is 0 Å². The van der Waals surface area contributed by atoms with Gasteiger partial charge in [-0.05, 0) is 37.8 Å². The van der Waals surface area contributed by atoms with E-state index in [1.165, 1.54) is 19.3 Å². The molecule has 0 saturated heterocycles. The Morgan fingerprint density at radius 2 is 2.25 bits per heavy atom. The molecule has 1 aromatic heterocycles. The predicted molar refractivity (Wildman–Crippen MR) is 81.3 cm³/mol. The maximum absolute atomic E-state index is 9.16. The van der Waals surface area contributed by atoms with Crippen LogP contribution in [0, 0.1) is 0 Å². The number of hydrogen-bond donors (Lipinski definition) is 2. The van der Waals surface area contributed by atoms with E-state index in [2.05, 4.69) is 22.9 Å². The first kappa shape index (κ1) is 15.4. The zero-order valence-electron chi connectivity index (χ0n) is 12.4. The standard InChI is InChI=1S/C16H27N3O/c1-2-14(17)16(15-9-3-4-10-18-15)19(11-6-12-20)13-7-5-8-13/h3-4,9-10,13-14,16,20H,2,5-8,11-12,17H2,1H3. The van der Waals surface area contributed by atoms with Gasteiger partial charge in [-0.1, -0.05) is 19.4 Å². The highest BCUT2D eigenvalue weighted by molar-refractivity contribution is 5.12. The minimum absolute atomic E-state index is 0.0872. The largest absolute Gasteiger partial charge is 0.396 e. The molecular formula is C16H27N3O. The summed E-state index contributed by atoms with van der Waals surface area (Å²) in [5, 5.41) is 9.16. The van der Waals surface area contributed by atoms with E-state index in [-0.39, 0.29) is 18.7 Å². The molecule has 1 fully saturated rings. The number of rotatable bonds is 8. The molecule has 1 aromatic rings. The molecule has 3 N–H and O–H groups in total. The van der Waals surface area contributed by atoms with E-state index in [1.807, 2.05) is 18.3 Å². The first-order valence-electron chi connectivity index (χ1n) is 7.81. The molecule has 2 rings (SSSR count). The quantitative estimate of drug-likeness (QED) is 0.764. The summed E-state index contributed by atoms with van der Waals surface area (Å²) in [6.07, 6.45) is 7.36. The van der Waals surface area contributed by atoms with Crippen molar-refractivity contribution in [3.8, 4) is 0 Å². The van der Waals surface area contributed by atoms with E-state index in [1.54, 1.807) is 0 Å². The van der Waals surface area contributed by atoms with Crippen molar-refractivity contribution in [2.75, 3.05) is 13.2 Å². The molecule has 0 radical (unpaired) electrons. The fourth-order valence-corrected chi connectivity index (χ4v) is 2.93. The van der Waals surface area contributed by atoms with Crippen molar-refractivity contribution in [2.45, 2.75) is 57.2 Å². The number of pyridine rings is 1. The number of hydrogen-bond acceptors (Lipinski definition) is 4. The fourth-order valence-electron chi connectivity index (χ4n) is 2.93. The van der Waals surface area contributed by atoms with Crippen molar-refractivity contribution in [3.63, 3.8) is 0 Å². The van der Waals surface area contributed by atoms with Crippen molar-refractivity contribution < 1.29 is 5.11 Å². The van der Waals surface area contributed by atoms with Crippen molar-refractivity contribution in [1.29, 1.82) is 0 Å². The summed E-state index contributed by atoms with van der Waals surface area (Å²) in [7, 11) is 0. The molecule has 2 unspecified atom stereocenters. The molecule has 1 saturated carbocycles. The molecule has 112 valence electrons. The third-order valence-electron chi connectivity index (χ3n) is 4.34. The molecule has 20 heavy (non-hydrogen) atoms. The van der Waals surface area contributed by atoms with Gasteiger partial charge in [0.15, 0.2) is 0 Å². The Morgan fingerprint density at radius 1 is 1.45 bits per heavy atom.